The molecule has 0 aliphatic carbocycles. The van der Waals surface area contributed by atoms with Crippen LogP contribution in [0.5, 0.6) is 11.5 Å². The molecule has 2 atom stereocenters. The number of amides is 4. The number of nitrogens with zero attached hydrogens (tertiary/aromatic N) is 6. The molecule has 4 amide bonds. The quantitative estimate of drug-likeness (QED) is 0.415. The number of ether oxygens (including phenoxy) is 2. The van der Waals surface area contributed by atoms with E-state index in [9.17, 15) is 14.4 Å². The summed E-state index contributed by atoms with van der Waals surface area (Å²) in [6.45, 7) is 6.11. The van der Waals surface area contributed by atoms with Gasteiger partial charge in [0.05, 0.1) is 38.5 Å². The number of hydrogen-bond acceptors (Lipinski definition) is 9. The van der Waals surface area contributed by atoms with Gasteiger partial charge in [-0.05, 0) is 39.1 Å². The molecule has 2 saturated heterocycles. The Kier molecular flexibility index (Phi) is 9.37. The van der Waals surface area contributed by atoms with Crippen molar-refractivity contribution in [2.24, 2.45) is 5.92 Å². The number of carbonyl (C=O) groups excluding carboxylic acids is 3. The third-order valence-corrected chi connectivity index (χ3v) is 9.08. The molecule has 2 unspecified atom stereocenters. The van der Waals surface area contributed by atoms with Gasteiger partial charge in [-0.25, -0.2) is 9.78 Å². The summed E-state index contributed by atoms with van der Waals surface area (Å²) in [5.74, 6) is 0.968. The zero-order valence-corrected chi connectivity index (χ0v) is 26.6. The van der Waals surface area contributed by atoms with Crippen LogP contribution in [0.25, 0.3) is 0 Å². The number of benzene rings is 1. The maximum Gasteiger partial charge on any atom is 0.330 e. The molecular formula is C29H36Cl2N8O5. The molecule has 236 valence electrons. The second-order valence-electron chi connectivity index (χ2n) is 11.1. The summed E-state index contributed by atoms with van der Waals surface area (Å²) in [4.78, 5) is 55.2. The minimum atomic E-state index is -0.423. The van der Waals surface area contributed by atoms with Crippen molar-refractivity contribution < 1.29 is 23.9 Å². The van der Waals surface area contributed by atoms with Crippen LogP contribution in [-0.4, -0.2) is 104 Å². The minimum absolute atomic E-state index is 0.0464. The normalized spacial score (nSPS) is 20.8. The van der Waals surface area contributed by atoms with Crippen molar-refractivity contribution in [3.63, 3.8) is 0 Å². The summed E-state index contributed by atoms with van der Waals surface area (Å²) >= 11 is 13.2. The van der Waals surface area contributed by atoms with Gasteiger partial charge in [-0.1, -0.05) is 29.8 Å². The first-order chi connectivity index (χ1) is 21.1. The van der Waals surface area contributed by atoms with E-state index in [0.29, 0.717) is 36.0 Å². The molecule has 2 fully saturated rings. The molecule has 1 aromatic carbocycles. The number of fused-ring (bicyclic) bond motifs is 1. The van der Waals surface area contributed by atoms with E-state index in [4.69, 9.17) is 32.7 Å². The summed E-state index contributed by atoms with van der Waals surface area (Å²) in [6, 6.07) is 0.373. The Morgan fingerprint density at radius 2 is 1.70 bits per heavy atom. The highest BCUT2D eigenvalue weighted by Gasteiger charge is 2.40. The van der Waals surface area contributed by atoms with E-state index in [1.165, 1.54) is 30.1 Å². The van der Waals surface area contributed by atoms with Crippen molar-refractivity contribution in [3.05, 3.63) is 40.5 Å². The monoisotopic (exact) mass is 646 g/mol. The van der Waals surface area contributed by atoms with E-state index in [1.54, 1.807) is 24.2 Å². The van der Waals surface area contributed by atoms with Gasteiger partial charge in [-0.15, -0.1) is 0 Å². The van der Waals surface area contributed by atoms with Gasteiger partial charge in [-0.3, -0.25) is 19.4 Å². The molecule has 13 nitrogen and oxygen atoms in total. The van der Waals surface area contributed by atoms with Crippen LogP contribution in [-0.2, 0) is 16.1 Å². The van der Waals surface area contributed by atoms with Crippen LogP contribution in [0, 0.1) is 5.92 Å². The van der Waals surface area contributed by atoms with Crippen LogP contribution in [0.15, 0.2) is 24.9 Å². The smallest absolute Gasteiger partial charge is 0.330 e. The number of halogens is 2. The van der Waals surface area contributed by atoms with Crippen molar-refractivity contribution >= 4 is 58.5 Å². The lowest BCUT2D eigenvalue weighted by Gasteiger charge is -2.35. The second-order valence-corrected chi connectivity index (χ2v) is 11.9. The van der Waals surface area contributed by atoms with E-state index in [2.05, 4.69) is 39.1 Å². The fraction of sp³-hybridized carbons (Fsp3) is 0.483. The Hall–Kier alpha value is -3.81. The number of piperidine rings is 1. The number of rotatable bonds is 8. The molecule has 0 bridgehead atoms. The largest absolute Gasteiger partial charge is 0.495 e. The predicted octanol–water partition coefficient (Wildman–Crippen LogP) is 3.01. The van der Waals surface area contributed by atoms with Crippen LogP contribution >= 0.6 is 23.2 Å². The van der Waals surface area contributed by atoms with Crippen molar-refractivity contribution in [2.75, 3.05) is 69.6 Å². The molecule has 0 radical (unpaired) electrons. The maximum atomic E-state index is 13.6. The molecule has 0 spiro atoms. The fourth-order valence-corrected chi connectivity index (χ4v) is 6.57. The van der Waals surface area contributed by atoms with Crippen LogP contribution in [0.3, 0.4) is 0 Å². The van der Waals surface area contributed by atoms with Gasteiger partial charge in [0.15, 0.2) is 0 Å². The van der Waals surface area contributed by atoms with Crippen LogP contribution in [0.4, 0.5) is 22.2 Å². The lowest BCUT2D eigenvalue weighted by Crippen LogP contribution is -2.47. The number of hydrogen-bond donors (Lipinski definition) is 2. The highest BCUT2D eigenvalue weighted by atomic mass is 35.5. The molecule has 15 heteroatoms. The van der Waals surface area contributed by atoms with Crippen molar-refractivity contribution in [1.29, 1.82) is 0 Å². The number of nitrogens with one attached hydrogen (secondary N) is 2. The minimum Gasteiger partial charge on any atom is -0.495 e. The molecule has 2 aromatic rings. The van der Waals surface area contributed by atoms with Gasteiger partial charge in [-0.2, -0.15) is 4.98 Å². The topological polar surface area (TPSA) is 132 Å². The van der Waals surface area contributed by atoms with Gasteiger partial charge < -0.3 is 29.9 Å². The van der Waals surface area contributed by atoms with Gasteiger partial charge in [0.2, 0.25) is 17.8 Å². The Morgan fingerprint density at radius 3 is 2.32 bits per heavy atom. The SMILES string of the molecule is C=CC(=O)NC1CN(C(=O)C2CCN(C)CC2)CC1Nc1ncc2c(n1)N(C)C(=O)N(c1c(Cl)c(OC)cc(OC)c1Cl)C2. The molecule has 0 saturated carbocycles. The van der Waals surface area contributed by atoms with Crippen LogP contribution < -0.4 is 29.9 Å². The second kappa shape index (κ2) is 13.0. The first kappa shape index (κ1) is 31.6. The molecule has 1 aromatic heterocycles. The van der Waals surface area contributed by atoms with Gasteiger partial charge in [0, 0.05) is 43.9 Å². The fourth-order valence-electron chi connectivity index (χ4n) is 5.86. The third kappa shape index (κ3) is 6.08. The third-order valence-electron chi connectivity index (χ3n) is 8.35. The highest BCUT2D eigenvalue weighted by Crippen LogP contribution is 2.47. The Labute approximate surface area is 266 Å². The molecule has 2 N–H and O–H groups in total. The van der Waals surface area contributed by atoms with Gasteiger partial charge in [0.1, 0.15) is 27.4 Å². The molecule has 4 heterocycles. The Balaban J connectivity index is 1.37. The molecule has 3 aliphatic rings. The van der Waals surface area contributed by atoms with Crippen molar-refractivity contribution in [1.82, 2.24) is 25.1 Å². The molecule has 44 heavy (non-hydrogen) atoms. The first-order valence-corrected chi connectivity index (χ1v) is 15.0. The number of anilines is 3. The predicted molar refractivity (Wildman–Crippen MR) is 168 cm³/mol. The van der Waals surface area contributed by atoms with E-state index < -0.39 is 12.1 Å². The number of aromatic nitrogens is 2. The summed E-state index contributed by atoms with van der Waals surface area (Å²) in [5.41, 5.74) is 0.893. The van der Waals surface area contributed by atoms with Crippen LogP contribution in [0.2, 0.25) is 10.0 Å². The number of urea groups is 1. The zero-order valence-electron chi connectivity index (χ0n) is 25.1. The standard InChI is InChI=1S/C29H36Cl2N8O5/c1-6-22(40)33-18-14-38(27(41)16-7-9-36(2)10-8-16)15-19(18)34-28-32-12-17-13-39(29(42)37(3)26(17)35-28)25-23(30)20(43-4)11-21(44-5)24(25)31/h6,11-12,16,18-19H,1,7-10,13-15H2,2-5H3,(H,33,40)(H,32,34,35). The van der Waals surface area contributed by atoms with Gasteiger partial charge >= 0.3 is 6.03 Å². The van der Waals surface area contributed by atoms with Crippen molar-refractivity contribution in [3.8, 4) is 11.5 Å². The summed E-state index contributed by atoms with van der Waals surface area (Å²) in [5, 5.41) is 6.55. The molecule has 3 aliphatic heterocycles. The average Bonchev–Trinajstić information content (AvgIpc) is 3.41. The lowest BCUT2D eigenvalue weighted by atomic mass is 9.96. The number of methoxy groups -OCH3 is 2. The Morgan fingerprint density at radius 1 is 1.07 bits per heavy atom. The summed E-state index contributed by atoms with van der Waals surface area (Å²) in [7, 11) is 6.57. The van der Waals surface area contributed by atoms with Crippen molar-refractivity contribution in [2.45, 2.75) is 31.5 Å². The lowest BCUT2D eigenvalue weighted by molar-refractivity contribution is -0.136. The number of carbonyl (C=O) groups is 3. The van der Waals surface area contributed by atoms with E-state index in [1.807, 2.05) is 0 Å². The van der Waals surface area contributed by atoms with E-state index >= 15 is 0 Å². The highest BCUT2D eigenvalue weighted by molar-refractivity contribution is 6.42. The number of likely N-dealkylation sites (tertiary alicyclic amines) is 2. The summed E-state index contributed by atoms with van der Waals surface area (Å²) < 4.78 is 10.7. The zero-order chi connectivity index (χ0) is 31.7. The average molecular weight is 648 g/mol. The maximum absolute atomic E-state index is 13.6. The molecule has 5 rings (SSSR count). The van der Waals surface area contributed by atoms with E-state index in [0.717, 1.165) is 25.9 Å². The van der Waals surface area contributed by atoms with E-state index in [-0.39, 0.29) is 52.0 Å². The molecular weight excluding hydrogens is 611 g/mol. The van der Waals surface area contributed by atoms with Crippen LogP contribution in [0.1, 0.15) is 18.4 Å². The Bertz CT molecular complexity index is 1440. The van der Waals surface area contributed by atoms with Gasteiger partial charge in [0.25, 0.3) is 0 Å². The summed E-state index contributed by atoms with van der Waals surface area (Å²) in [6.07, 6.45) is 4.43. The first-order valence-electron chi connectivity index (χ1n) is 14.2.